The van der Waals surface area contributed by atoms with Crippen molar-refractivity contribution in [2.45, 2.75) is 74.0 Å². The molecule has 0 unspecified atom stereocenters. The van der Waals surface area contributed by atoms with Gasteiger partial charge in [-0.15, -0.1) is 0 Å². The van der Waals surface area contributed by atoms with Gasteiger partial charge in [-0.3, -0.25) is 6.08 Å². The van der Waals surface area contributed by atoms with E-state index < -0.39 is 15.8 Å². The summed E-state index contributed by atoms with van der Waals surface area (Å²) in [5.74, 6) is 0. The van der Waals surface area contributed by atoms with E-state index in [1.54, 1.807) is 22.3 Å². The number of rotatable bonds is 7. The summed E-state index contributed by atoms with van der Waals surface area (Å²) in [4.78, 5) is 0. The molecule has 0 amide bonds. The van der Waals surface area contributed by atoms with E-state index in [0.717, 1.165) is 29.1 Å². The second kappa shape index (κ2) is 19.5. The first kappa shape index (κ1) is 36.6. The van der Waals surface area contributed by atoms with Crippen molar-refractivity contribution in [3.05, 3.63) is 175 Å². The first-order valence-corrected chi connectivity index (χ1v) is 20.7. The Bertz CT molecular complexity index is 1220. The molecule has 0 aromatic heterocycles. The molecule has 1 radical (unpaired) electrons. The molecule has 2 aliphatic heterocycles. The van der Waals surface area contributed by atoms with E-state index in [0.29, 0.717) is 0 Å². The van der Waals surface area contributed by atoms with E-state index in [1.165, 1.54) is 57.3 Å². The van der Waals surface area contributed by atoms with Crippen LogP contribution in [0.4, 0.5) is 0 Å². The zero-order chi connectivity index (χ0) is 29.8. The van der Waals surface area contributed by atoms with Gasteiger partial charge in [0.05, 0.1) is 35.0 Å². The van der Waals surface area contributed by atoms with Crippen molar-refractivity contribution < 1.29 is 16.8 Å². The number of allylic oxidation sites excluding steroid dienone is 4. The summed E-state index contributed by atoms with van der Waals surface area (Å²) in [5.41, 5.74) is 9.57. The van der Waals surface area contributed by atoms with Crippen molar-refractivity contribution in [1.82, 2.24) is 0 Å². The Morgan fingerprint density at radius 3 is 1.13 bits per heavy atom. The molecule has 241 valence electrons. The van der Waals surface area contributed by atoms with Gasteiger partial charge in [0.2, 0.25) is 0 Å². The molecule has 0 nitrogen and oxygen atoms in total. The van der Waals surface area contributed by atoms with Crippen LogP contribution in [0.3, 0.4) is 0 Å². The Morgan fingerprint density at radius 2 is 0.783 bits per heavy atom. The molecule has 0 saturated carbocycles. The molecule has 0 N–H and O–H groups in total. The molecule has 4 aromatic rings. The SMILES string of the molecule is [C-]1=CCC/C=C\CC1.[CH3-].[Co+2].c1ccc([C@H]2CC[C@H](c3ccccc3)[PH+]2CC[PH+]2[C@@H](c3ccccc3)CC[C@@H]2c2ccccc2)cc1. The fourth-order valence-corrected chi connectivity index (χ4v) is 17.2. The molecular formula is C43H52CoP2+2. The minimum atomic E-state index is -0.564. The predicted octanol–water partition coefficient (Wildman–Crippen LogP) is 12.9. The van der Waals surface area contributed by atoms with Gasteiger partial charge < -0.3 is 13.5 Å². The minimum Gasteiger partial charge on any atom is -0.500 e. The molecule has 1 aliphatic carbocycles. The molecule has 2 fully saturated rings. The molecule has 2 heterocycles. The predicted molar refractivity (Wildman–Crippen MR) is 203 cm³/mol. The zero-order valence-corrected chi connectivity index (χ0v) is 30.5. The fraction of sp³-hybridized carbons (Fsp3) is 0.326. The maximum absolute atomic E-state index is 3.21. The van der Waals surface area contributed by atoms with Gasteiger partial charge >= 0.3 is 16.8 Å². The molecule has 2 saturated heterocycles. The summed E-state index contributed by atoms with van der Waals surface area (Å²) in [6.07, 6.45) is 22.9. The van der Waals surface area contributed by atoms with Crippen LogP contribution in [-0.2, 0) is 16.8 Å². The molecule has 0 bridgehead atoms. The third-order valence-corrected chi connectivity index (χ3v) is 18.3. The summed E-state index contributed by atoms with van der Waals surface area (Å²) in [6, 6.07) is 46.0. The quantitative estimate of drug-likeness (QED) is 0.103. The van der Waals surface area contributed by atoms with E-state index in [-0.39, 0.29) is 24.2 Å². The van der Waals surface area contributed by atoms with E-state index in [2.05, 4.69) is 146 Å². The molecule has 46 heavy (non-hydrogen) atoms. The largest absolute Gasteiger partial charge is 2.00 e. The molecule has 3 heteroatoms. The second-order valence-electron chi connectivity index (χ2n) is 12.7. The first-order valence-electron chi connectivity index (χ1n) is 17.0. The number of hydrogen-bond acceptors (Lipinski definition) is 0. The first-order chi connectivity index (χ1) is 21.9. The summed E-state index contributed by atoms with van der Waals surface area (Å²) in [6.45, 7) is 0. The smallest absolute Gasteiger partial charge is 0.500 e. The van der Waals surface area contributed by atoms with Crippen LogP contribution in [0.1, 0.15) is 96.3 Å². The molecule has 4 atom stereocenters. The molecule has 7 rings (SSSR count). The van der Waals surface area contributed by atoms with Crippen LogP contribution in [0.2, 0.25) is 0 Å². The van der Waals surface area contributed by atoms with Crippen molar-refractivity contribution in [3.8, 4) is 0 Å². The second-order valence-corrected chi connectivity index (χ2v) is 18.7. The van der Waals surface area contributed by atoms with Crippen LogP contribution in [0.25, 0.3) is 0 Å². The van der Waals surface area contributed by atoms with Crippen LogP contribution in [0, 0.1) is 13.5 Å². The average Bonchev–Trinajstić information content (AvgIpc) is 3.70. The van der Waals surface area contributed by atoms with Crippen LogP contribution in [0.15, 0.2) is 140 Å². The van der Waals surface area contributed by atoms with Crippen molar-refractivity contribution in [2.24, 2.45) is 0 Å². The van der Waals surface area contributed by atoms with Crippen LogP contribution >= 0.6 is 15.8 Å². The summed E-state index contributed by atoms with van der Waals surface area (Å²) < 4.78 is 0. The van der Waals surface area contributed by atoms with Gasteiger partial charge in [-0.1, -0.05) is 146 Å². The average molecular weight is 690 g/mol. The zero-order valence-electron chi connectivity index (χ0n) is 27.5. The number of hydrogen-bond donors (Lipinski definition) is 0. The van der Waals surface area contributed by atoms with Crippen molar-refractivity contribution in [3.63, 3.8) is 0 Å². The van der Waals surface area contributed by atoms with E-state index in [4.69, 9.17) is 0 Å². The topological polar surface area (TPSA) is 0 Å². The number of benzene rings is 4. The molecule has 3 aliphatic rings. The molecular weight excluding hydrogens is 637 g/mol. The van der Waals surface area contributed by atoms with E-state index in [9.17, 15) is 0 Å². The molecule has 0 spiro atoms. The Hall–Kier alpha value is -2.27. The Kier molecular flexibility index (Phi) is 15.5. The summed E-state index contributed by atoms with van der Waals surface area (Å²) >= 11 is 0. The third kappa shape index (κ3) is 9.64. The molecule has 4 aromatic carbocycles. The van der Waals surface area contributed by atoms with Crippen molar-refractivity contribution >= 4 is 15.8 Å². The van der Waals surface area contributed by atoms with Gasteiger partial charge in [-0.25, -0.2) is 0 Å². The minimum absolute atomic E-state index is 0. The monoisotopic (exact) mass is 689 g/mol. The van der Waals surface area contributed by atoms with Gasteiger partial charge in [0.1, 0.15) is 0 Å². The maximum atomic E-state index is 3.21. The Morgan fingerprint density at radius 1 is 0.457 bits per heavy atom. The summed E-state index contributed by atoms with van der Waals surface area (Å²) in [5, 5.41) is 0. The van der Waals surface area contributed by atoms with Crippen molar-refractivity contribution in [1.29, 1.82) is 0 Å². The van der Waals surface area contributed by atoms with Gasteiger partial charge in [-0.05, 0) is 54.4 Å². The normalized spacial score (nSPS) is 23.6. The van der Waals surface area contributed by atoms with Crippen LogP contribution in [-0.4, -0.2) is 12.3 Å². The Balaban J connectivity index is 0.000000422. The van der Waals surface area contributed by atoms with Crippen LogP contribution < -0.4 is 0 Å². The third-order valence-electron chi connectivity index (χ3n) is 10.0. The van der Waals surface area contributed by atoms with Gasteiger partial charge in [0.15, 0.2) is 0 Å². The Labute approximate surface area is 292 Å². The fourth-order valence-electron chi connectivity index (χ4n) is 7.93. The summed E-state index contributed by atoms with van der Waals surface area (Å²) in [7, 11) is -1.13. The van der Waals surface area contributed by atoms with Crippen LogP contribution in [0.5, 0.6) is 0 Å². The van der Waals surface area contributed by atoms with E-state index >= 15 is 0 Å². The maximum Gasteiger partial charge on any atom is 2.00 e. The van der Waals surface area contributed by atoms with Crippen molar-refractivity contribution in [2.75, 3.05) is 12.3 Å². The van der Waals surface area contributed by atoms with Gasteiger partial charge in [0.25, 0.3) is 0 Å². The van der Waals surface area contributed by atoms with Gasteiger partial charge in [0, 0.05) is 15.8 Å². The van der Waals surface area contributed by atoms with E-state index in [1.807, 2.05) is 0 Å². The standard InChI is InChI=1S/C34H36P2.C8H11.CH3.Co/c1-5-13-27(14-6-1)31-21-22-32(28-15-7-2-8-16-28)35(31)25-26-36-33(29-17-9-3-10-18-29)23-24-34(36)30-19-11-4-12-20-30;1-2-4-6-8-7-5-3-1;;/h1-20,31-34H,21-26H2;1-2,7H,3-6H2;1H3;/q;2*-1;+2/p+2/b;2-1-;;/t31-,32-,33-,34-;;;/m1.../s1. The van der Waals surface area contributed by atoms with Gasteiger partial charge in [-0.2, -0.15) is 6.42 Å².